The van der Waals surface area contributed by atoms with Crippen LogP contribution in [0.1, 0.15) is 26.2 Å². The molecule has 1 fully saturated rings. The Morgan fingerprint density at radius 3 is 2.95 bits per heavy atom. The number of rotatable bonds is 7. The molecule has 0 spiro atoms. The molecule has 0 saturated heterocycles. The summed E-state index contributed by atoms with van der Waals surface area (Å²) in [5.41, 5.74) is 0.467. The summed E-state index contributed by atoms with van der Waals surface area (Å²) in [4.78, 5) is 23.3. The third kappa shape index (κ3) is 4.39. The zero-order valence-electron chi connectivity index (χ0n) is 11.2. The van der Waals surface area contributed by atoms with E-state index >= 15 is 0 Å². The topological polar surface area (TPSA) is 76.0 Å². The fraction of sp³-hybridized carbons (Fsp3) is 0.615. The van der Waals surface area contributed by atoms with E-state index in [0.717, 1.165) is 24.6 Å². The molecule has 1 aliphatic rings. The Kier molecular flexibility index (Phi) is 4.54. The molecule has 0 bridgehead atoms. The second kappa shape index (κ2) is 6.36. The summed E-state index contributed by atoms with van der Waals surface area (Å²) in [6.45, 7) is 3.46. The molecule has 0 aromatic carbocycles. The lowest BCUT2D eigenvalue weighted by atomic mass is 10.4. The van der Waals surface area contributed by atoms with Crippen LogP contribution in [0.4, 0.5) is 5.69 Å². The van der Waals surface area contributed by atoms with Crippen molar-refractivity contribution in [2.75, 3.05) is 18.4 Å². The molecule has 104 valence electrons. The molecule has 0 unspecified atom stereocenters. The Balaban J connectivity index is 1.90. The van der Waals surface area contributed by atoms with E-state index in [2.05, 4.69) is 15.7 Å². The molecule has 1 aromatic heterocycles. The van der Waals surface area contributed by atoms with Crippen molar-refractivity contribution in [3.8, 4) is 0 Å². The standard InChI is InChI=1S/C13H20N4O2/c1-2-5-14-12(18)9-17-13(19)6-11(8-16-17)15-7-10-3-4-10/h6,8,10,15H,2-5,7,9H2,1H3,(H,14,18). The number of nitrogens with one attached hydrogen (secondary N) is 2. The first-order chi connectivity index (χ1) is 9.19. The third-order valence-corrected chi connectivity index (χ3v) is 3.03. The molecule has 1 aromatic rings. The van der Waals surface area contributed by atoms with Crippen molar-refractivity contribution < 1.29 is 4.79 Å². The maximum Gasteiger partial charge on any atom is 0.269 e. The zero-order valence-corrected chi connectivity index (χ0v) is 11.2. The lowest BCUT2D eigenvalue weighted by Gasteiger charge is -2.07. The minimum Gasteiger partial charge on any atom is -0.383 e. The molecule has 0 atom stereocenters. The maximum absolute atomic E-state index is 11.8. The minimum absolute atomic E-state index is 0.0261. The van der Waals surface area contributed by atoms with Crippen LogP contribution in [0.25, 0.3) is 0 Å². The summed E-state index contributed by atoms with van der Waals surface area (Å²) in [6.07, 6.45) is 4.99. The van der Waals surface area contributed by atoms with E-state index in [4.69, 9.17) is 0 Å². The smallest absolute Gasteiger partial charge is 0.269 e. The van der Waals surface area contributed by atoms with Gasteiger partial charge in [-0.25, -0.2) is 4.68 Å². The summed E-state index contributed by atoms with van der Waals surface area (Å²) in [6, 6.07) is 1.49. The summed E-state index contributed by atoms with van der Waals surface area (Å²) in [5.74, 6) is 0.553. The molecule has 6 nitrogen and oxygen atoms in total. The van der Waals surface area contributed by atoms with Crippen molar-refractivity contribution in [1.82, 2.24) is 15.1 Å². The number of carbonyl (C=O) groups is 1. The maximum atomic E-state index is 11.8. The van der Waals surface area contributed by atoms with Gasteiger partial charge in [-0.3, -0.25) is 9.59 Å². The van der Waals surface area contributed by atoms with Crippen LogP contribution in [-0.4, -0.2) is 28.8 Å². The number of hydrogen-bond acceptors (Lipinski definition) is 4. The molecule has 1 saturated carbocycles. The van der Waals surface area contributed by atoms with Crippen molar-refractivity contribution >= 4 is 11.6 Å². The molecule has 6 heteroatoms. The highest BCUT2D eigenvalue weighted by Crippen LogP contribution is 2.28. The molecule has 2 N–H and O–H groups in total. The SMILES string of the molecule is CCCNC(=O)Cn1ncc(NCC2CC2)cc1=O. The molecular formula is C13H20N4O2. The average molecular weight is 264 g/mol. The van der Waals surface area contributed by atoms with Gasteiger partial charge < -0.3 is 10.6 Å². The predicted molar refractivity (Wildman–Crippen MR) is 73.0 cm³/mol. The van der Waals surface area contributed by atoms with E-state index in [1.807, 2.05) is 6.92 Å². The van der Waals surface area contributed by atoms with Gasteiger partial charge in [-0.1, -0.05) is 6.92 Å². The Morgan fingerprint density at radius 2 is 2.32 bits per heavy atom. The number of amides is 1. The number of aromatic nitrogens is 2. The fourth-order valence-electron chi connectivity index (χ4n) is 1.69. The van der Waals surface area contributed by atoms with Crippen molar-refractivity contribution in [2.24, 2.45) is 5.92 Å². The molecule has 0 aliphatic heterocycles. The largest absolute Gasteiger partial charge is 0.383 e. The highest BCUT2D eigenvalue weighted by molar-refractivity contribution is 5.75. The zero-order chi connectivity index (χ0) is 13.7. The van der Waals surface area contributed by atoms with Gasteiger partial charge in [0.1, 0.15) is 6.54 Å². The number of anilines is 1. The number of hydrogen-bond donors (Lipinski definition) is 2. The summed E-state index contributed by atoms with van der Waals surface area (Å²) >= 11 is 0. The van der Waals surface area contributed by atoms with Crippen LogP contribution in [-0.2, 0) is 11.3 Å². The first-order valence-corrected chi connectivity index (χ1v) is 6.76. The van der Waals surface area contributed by atoms with Crippen molar-refractivity contribution in [3.05, 3.63) is 22.6 Å². The Morgan fingerprint density at radius 1 is 1.53 bits per heavy atom. The normalized spacial score (nSPS) is 14.2. The number of nitrogens with zero attached hydrogens (tertiary/aromatic N) is 2. The van der Waals surface area contributed by atoms with Crippen molar-refractivity contribution in [2.45, 2.75) is 32.7 Å². The van der Waals surface area contributed by atoms with Crippen LogP contribution < -0.4 is 16.2 Å². The van der Waals surface area contributed by atoms with Gasteiger partial charge in [0.25, 0.3) is 5.56 Å². The highest BCUT2D eigenvalue weighted by Gasteiger charge is 2.20. The first kappa shape index (κ1) is 13.6. The number of carbonyl (C=O) groups excluding carboxylic acids is 1. The van der Waals surface area contributed by atoms with Gasteiger partial charge in [0.05, 0.1) is 11.9 Å². The second-order valence-corrected chi connectivity index (χ2v) is 4.91. The lowest BCUT2D eigenvalue weighted by molar-refractivity contribution is -0.121. The monoisotopic (exact) mass is 264 g/mol. The first-order valence-electron chi connectivity index (χ1n) is 6.76. The highest BCUT2D eigenvalue weighted by atomic mass is 16.2. The predicted octanol–water partition coefficient (Wildman–Crippen LogP) is 0.591. The van der Waals surface area contributed by atoms with Crippen LogP contribution in [0.2, 0.25) is 0 Å². The van der Waals surface area contributed by atoms with E-state index in [1.54, 1.807) is 6.20 Å². The van der Waals surface area contributed by atoms with Gasteiger partial charge in [0.15, 0.2) is 0 Å². The lowest BCUT2D eigenvalue weighted by Crippen LogP contribution is -2.33. The van der Waals surface area contributed by atoms with Gasteiger partial charge in [0, 0.05) is 19.2 Å². The van der Waals surface area contributed by atoms with Crippen LogP contribution in [0.15, 0.2) is 17.1 Å². The molecular weight excluding hydrogens is 244 g/mol. The Labute approximate surface area is 112 Å². The van der Waals surface area contributed by atoms with Gasteiger partial charge in [-0.15, -0.1) is 0 Å². The summed E-state index contributed by atoms with van der Waals surface area (Å²) < 4.78 is 1.17. The van der Waals surface area contributed by atoms with Crippen LogP contribution in [0.5, 0.6) is 0 Å². The van der Waals surface area contributed by atoms with E-state index < -0.39 is 0 Å². The van der Waals surface area contributed by atoms with Crippen LogP contribution in [0, 0.1) is 5.92 Å². The van der Waals surface area contributed by atoms with E-state index in [9.17, 15) is 9.59 Å². The van der Waals surface area contributed by atoms with Crippen molar-refractivity contribution in [3.63, 3.8) is 0 Å². The van der Waals surface area contributed by atoms with Gasteiger partial charge in [-0.05, 0) is 25.2 Å². The molecule has 1 heterocycles. The van der Waals surface area contributed by atoms with Gasteiger partial charge in [-0.2, -0.15) is 5.10 Å². The molecule has 1 amide bonds. The van der Waals surface area contributed by atoms with Gasteiger partial charge >= 0.3 is 0 Å². The van der Waals surface area contributed by atoms with Gasteiger partial charge in [0.2, 0.25) is 5.91 Å². The van der Waals surface area contributed by atoms with E-state index in [-0.39, 0.29) is 18.0 Å². The Hall–Kier alpha value is -1.85. The Bertz CT molecular complexity index is 494. The van der Waals surface area contributed by atoms with Crippen molar-refractivity contribution in [1.29, 1.82) is 0 Å². The second-order valence-electron chi connectivity index (χ2n) is 4.91. The quantitative estimate of drug-likeness (QED) is 0.756. The molecule has 1 aliphatic carbocycles. The average Bonchev–Trinajstić information content (AvgIpc) is 3.21. The molecule has 0 radical (unpaired) electrons. The summed E-state index contributed by atoms with van der Waals surface area (Å²) in [5, 5.41) is 9.91. The fourth-order valence-corrected chi connectivity index (χ4v) is 1.69. The van der Waals surface area contributed by atoms with E-state index in [1.165, 1.54) is 23.6 Å². The third-order valence-electron chi connectivity index (χ3n) is 3.03. The van der Waals surface area contributed by atoms with Crippen LogP contribution in [0.3, 0.4) is 0 Å². The minimum atomic E-state index is -0.257. The van der Waals surface area contributed by atoms with E-state index in [0.29, 0.717) is 6.54 Å². The summed E-state index contributed by atoms with van der Waals surface area (Å²) in [7, 11) is 0. The molecule has 2 rings (SSSR count). The van der Waals surface area contributed by atoms with Crippen LogP contribution >= 0.6 is 0 Å². The molecule has 19 heavy (non-hydrogen) atoms.